The highest BCUT2D eigenvalue weighted by atomic mass is 16.3. The van der Waals surface area contributed by atoms with E-state index < -0.39 is 5.60 Å². The van der Waals surface area contributed by atoms with E-state index in [-0.39, 0.29) is 0 Å². The molecule has 0 aliphatic rings. The summed E-state index contributed by atoms with van der Waals surface area (Å²) < 4.78 is 0. The van der Waals surface area contributed by atoms with Crippen LogP contribution in [0.4, 0.5) is 0 Å². The third-order valence-corrected chi connectivity index (χ3v) is 2.58. The molecular weight excluding hydrogens is 212 g/mol. The van der Waals surface area contributed by atoms with Crippen LogP contribution in [0.5, 0.6) is 0 Å². The zero-order valence-electron chi connectivity index (χ0n) is 9.87. The molecule has 0 saturated carbocycles. The normalized spacial score (nSPS) is 11.4. The van der Waals surface area contributed by atoms with Gasteiger partial charge in [-0.15, -0.1) is 0 Å². The van der Waals surface area contributed by atoms with Crippen molar-refractivity contribution < 1.29 is 5.11 Å². The van der Waals surface area contributed by atoms with E-state index in [1.165, 1.54) is 0 Å². The van der Waals surface area contributed by atoms with Gasteiger partial charge < -0.3 is 5.11 Å². The van der Waals surface area contributed by atoms with Crippen molar-refractivity contribution in [3.63, 3.8) is 0 Å². The fourth-order valence-electron chi connectivity index (χ4n) is 1.85. The number of hydrogen-bond donors (Lipinski definition) is 1. The van der Waals surface area contributed by atoms with Gasteiger partial charge >= 0.3 is 0 Å². The predicted molar refractivity (Wildman–Crippen MR) is 66.5 cm³/mol. The van der Waals surface area contributed by atoms with Gasteiger partial charge in [-0.3, -0.25) is 9.97 Å². The maximum absolute atomic E-state index is 10.3. The van der Waals surface area contributed by atoms with E-state index in [1.54, 1.807) is 12.4 Å². The van der Waals surface area contributed by atoms with E-state index in [2.05, 4.69) is 9.97 Å². The van der Waals surface area contributed by atoms with Gasteiger partial charge in [-0.25, -0.2) is 0 Å². The lowest BCUT2D eigenvalue weighted by Gasteiger charge is -2.22. The van der Waals surface area contributed by atoms with Crippen LogP contribution in [0.15, 0.2) is 48.8 Å². The molecule has 0 fully saturated rings. The van der Waals surface area contributed by atoms with Gasteiger partial charge in [0.05, 0.1) is 5.60 Å². The monoisotopic (exact) mass is 228 g/mol. The van der Waals surface area contributed by atoms with Gasteiger partial charge in [0.25, 0.3) is 0 Å². The van der Waals surface area contributed by atoms with Crippen molar-refractivity contribution >= 4 is 0 Å². The first-order valence-corrected chi connectivity index (χ1v) is 5.68. The molecular formula is C14H16N2O. The number of pyridine rings is 2. The largest absolute Gasteiger partial charge is 0.389 e. The molecule has 0 spiro atoms. The van der Waals surface area contributed by atoms with Crippen molar-refractivity contribution in [2.45, 2.75) is 25.4 Å². The molecule has 3 heteroatoms. The summed E-state index contributed by atoms with van der Waals surface area (Å²) in [7, 11) is 0. The van der Waals surface area contributed by atoms with Crippen LogP contribution in [0.1, 0.15) is 18.3 Å². The average Bonchev–Trinajstić information content (AvgIpc) is 2.30. The second-order valence-corrected chi connectivity index (χ2v) is 4.49. The molecule has 2 aromatic rings. The van der Waals surface area contributed by atoms with Crippen LogP contribution in [-0.4, -0.2) is 20.7 Å². The molecule has 0 radical (unpaired) electrons. The lowest BCUT2D eigenvalue weighted by Crippen LogP contribution is -2.30. The molecule has 0 aliphatic heterocycles. The van der Waals surface area contributed by atoms with Crippen molar-refractivity contribution in [2.75, 3.05) is 0 Å². The number of rotatable bonds is 4. The Balaban J connectivity index is 2.04. The van der Waals surface area contributed by atoms with Crippen LogP contribution in [0, 0.1) is 0 Å². The molecule has 0 aromatic carbocycles. The number of aromatic nitrogens is 2. The molecule has 2 rings (SSSR count). The van der Waals surface area contributed by atoms with E-state index in [0.717, 1.165) is 11.4 Å². The van der Waals surface area contributed by atoms with Crippen molar-refractivity contribution in [3.8, 4) is 0 Å². The number of nitrogens with zero attached hydrogens (tertiary/aromatic N) is 2. The average molecular weight is 228 g/mol. The first kappa shape index (κ1) is 11.7. The van der Waals surface area contributed by atoms with Gasteiger partial charge in [0.15, 0.2) is 0 Å². The predicted octanol–water partition coefficient (Wildman–Crippen LogP) is 2.01. The van der Waals surface area contributed by atoms with Crippen molar-refractivity contribution in [1.29, 1.82) is 0 Å². The minimum absolute atomic E-state index is 0.532. The summed E-state index contributed by atoms with van der Waals surface area (Å²) in [6, 6.07) is 11.5. The van der Waals surface area contributed by atoms with Gasteiger partial charge in [-0.05, 0) is 31.2 Å². The van der Waals surface area contributed by atoms with E-state index in [0.29, 0.717) is 12.8 Å². The Morgan fingerprint density at radius 3 is 1.76 bits per heavy atom. The van der Waals surface area contributed by atoms with Gasteiger partial charge in [0.2, 0.25) is 0 Å². The molecule has 1 N–H and O–H groups in total. The molecule has 0 saturated heterocycles. The van der Waals surface area contributed by atoms with Gasteiger partial charge in [0, 0.05) is 36.6 Å². The molecule has 2 aromatic heterocycles. The molecule has 0 aliphatic carbocycles. The lowest BCUT2D eigenvalue weighted by atomic mass is 9.94. The zero-order chi connectivity index (χ0) is 12.1. The molecule has 2 heterocycles. The number of aliphatic hydroxyl groups is 1. The van der Waals surface area contributed by atoms with E-state index >= 15 is 0 Å². The molecule has 88 valence electrons. The fourth-order valence-corrected chi connectivity index (χ4v) is 1.85. The summed E-state index contributed by atoms with van der Waals surface area (Å²) >= 11 is 0. The third-order valence-electron chi connectivity index (χ3n) is 2.58. The maximum atomic E-state index is 10.3. The van der Waals surface area contributed by atoms with Gasteiger partial charge in [-0.1, -0.05) is 12.1 Å². The summed E-state index contributed by atoms with van der Waals surface area (Å²) in [5.41, 5.74) is 0.977. The zero-order valence-corrected chi connectivity index (χ0v) is 9.87. The highest BCUT2D eigenvalue weighted by Crippen LogP contribution is 2.16. The van der Waals surface area contributed by atoms with Crippen LogP contribution < -0.4 is 0 Å². The summed E-state index contributed by atoms with van der Waals surface area (Å²) in [4.78, 5) is 8.45. The van der Waals surface area contributed by atoms with E-state index in [4.69, 9.17) is 0 Å². The Hall–Kier alpha value is -1.74. The standard InChI is InChI=1S/C14H16N2O/c1-14(17,10-12-6-2-4-8-15-12)11-13-7-3-5-9-16-13/h2-9,17H,10-11H2,1H3. The van der Waals surface area contributed by atoms with Crippen molar-refractivity contribution in [3.05, 3.63) is 60.2 Å². The minimum Gasteiger partial charge on any atom is -0.389 e. The van der Waals surface area contributed by atoms with Crippen LogP contribution in [-0.2, 0) is 12.8 Å². The molecule has 0 amide bonds. The first-order chi connectivity index (χ1) is 8.16. The first-order valence-electron chi connectivity index (χ1n) is 5.68. The van der Waals surface area contributed by atoms with Crippen LogP contribution in [0.2, 0.25) is 0 Å². The second-order valence-electron chi connectivity index (χ2n) is 4.49. The van der Waals surface area contributed by atoms with Gasteiger partial charge in [-0.2, -0.15) is 0 Å². The quantitative estimate of drug-likeness (QED) is 0.870. The van der Waals surface area contributed by atoms with Crippen LogP contribution in [0.3, 0.4) is 0 Å². The van der Waals surface area contributed by atoms with Crippen LogP contribution >= 0.6 is 0 Å². The molecule has 0 unspecified atom stereocenters. The van der Waals surface area contributed by atoms with E-state index in [9.17, 15) is 5.11 Å². The summed E-state index contributed by atoms with van der Waals surface area (Å²) in [5.74, 6) is 0. The maximum Gasteiger partial charge on any atom is 0.0730 e. The van der Waals surface area contributed by atoms with Crippen molar-refractivity contribution in [1.82, 2.24) is 9.97 Å². The fraction of sp³-hybridized carbons (Fsp3) is 0.286. The second kappa shape index (κ2) is 5.06. The Morgan fingerprint density at radius 2 is 1.41 bits per heavy atom. The Bertz CT molecular complexity index is 411. The highest BCUT2D eigenvalue weighted by Gasteiger charge is 2.22. The summed E-state index contributed by atoms with van der Waals surface area (Å²) in [5, 5.41) is 10.3. The highest BCUT2D eigenvalue weighted by molar-refractivity contribution is 5.11. The summed E-state index contributed by atoms with van der Waals surface area (Å²) in [6.07, 6.45) is 4.55. The van der Waals surface area contributed by atoms with Crippen molar-refractivity contribution in [2.24, 2.45) is 0 Å². The SMILES string of the molecule is CC(O)(Cc1ccccn1)Cc1ccccn1. The lowest BCUT2D eigenvalue weighted by molar-refractivity contribution is 0.0588. The van der Waals surface area contributed by atoms with E-state index in [1.807, 2.05) is 43.3 Å². The Kier molecular flexibility index (Phi) is 3.49. The molecule has 0 atom stereocenters. The minimum atomic E-state index is -0.817. The smallest absolute Gasteiger partial charge is 0.0730 e. The van der Waals surface area contributed by atoms with Gasteiger partial charge in [0.1, 0.15) is 0 Å². The summed E-state index contributed by atoms with van der Waals surface area (Å²) in [6.45, 7) is 1.82. The molecule has 0 bridgehead atoms. The Morgan fingerprint density at radius 1 is 0.941 bits per heavy atom. The topological polar surface area (TPSA) is 46.0 Å². The number of hydrogen-bond acceptors (Lipinski definition) is 3. The molecule has 17 heavy (non-hydrogen) atoms. The third kappa shape index (κ3) is 3.64. The molecule has 3 nitrogen and oxygen atoms in total. The van der Waals surface area contributed by atoms with Crippen LogP contribution in [0.25, 0.3) is 0 Å². The Labute approximate surface area is 101 Å².